The molecular formula is C28H40F2. The Morgan fingerprint density at radius 1 is 0.400 bits per heavy atom. The standard InChI is InChI=1S/2C8H9F.C8H10.2C2H6/c2*1-6-3-4-7(2)8(9)5-6;1-7-3-5-8(2)6-4-7;2*1-2/h2*3-5H,1-2H3;3-6H,1-2H3;2*1-2H3. The first-order chi connectivity index (χ1) is 14.2. The lowest BCUT2D eigenvalue weighted by atomic mass is 10.2. The highest BCUT2D eigenvalue weighted by atomic mass is 19.1. The molecule has 0 heterocycles. The Kier molecular flexibility index (Phi) is 17.2. The summed E-state index contributed by atoms with van der Waals surface area (Å²) >= 11 is 0. The molecule has 0 aliphatic rings. The second-order valence-electron chi connectivity index (χ2n) is 6.66. The van der Waals surface area contributed by atoms with Crippen molar-refractivity contribution in [2.24, 2.45) is 0 Å². The average Bonchev–Trinajstić information content (AvgIpc) is 2.74. The normalized spacial score (nSPS) is 8.67. The Balaban J connectivity index is 0. The number of aryl methyl sites for hydroxylation is 6. The Bertz CT molecular complexity index is 748. The lowest BCUT2D eigenvalue weighted by molar-refractivity contribution is 0.617. The van der Waals surface area contributed by atoms with E-state index in [0.717, 1.165) is 11.1 Å². The first-order valence-electron chi connectivity index (χ1n) is 10.7. The van der Waals surface area contributed by atoms with Crippen molar-refractivity contribution in [1.82, 2.24) is 0 Å². The Labute approximate surface area is 184 Å². The molecule has 0 spiro atoms. The maximum Gasteiger partial charge on any atom is 0.126 e. The largest absolute Gasteiger partial charge is 0.207 e. The molecule has 3 aromatic rings. The van der Waals surface area contributed by atoms with Crippen LogP contribution in [0, 0.1) is 53.2 Å². The fourth-order valence-electron chi connectivity index (χ4n) is 2.03. The van der Waals surface area contributed by atoms with Gasteiger partial charge in [-0.25, -0.2) is 8.78 Å². The van der Waals surface area contributed by atoms with Crippen molar-refractivity contribution in [2.75, 3.05) is 0 Å². The quantitative estimate of drug-likeness (QED) is 0.344. The third-order valence-corrected chi connectivity index (χ3v) is 3.87. The predicted molar refractivity (Wildman–Crippen MR) is 130 cm³/mol. The summed E-state index contributed by atoms with van der Waals surface area (Å²) in [6, 6.07) is 18.9. The molecule has 0 fully saturated rings. The van der Waals surface area contributed by atoms with Gasteiger partial charge in [-0.05, 0) is 75.9 Å². The molecule has 0 aliphatic carbocycles. The molecule has 0 nitrogen and oxygen atoms in total. The minimum Gasteiger partial charge on any atom is -0.207 e. The molecule has 166 valence electrons. The van der Waals surface area contributed by atoms with E-state index in [1.807, 2.05) is 53.7 Å². The number of hydrogen-bond donors (Lipinski definition) is 0. The van der Waals surface area contributed by atoms with Crippen molar-refractivity contribution in [3.63, 3.8) is 0 Å². The van der Waals surface area contributed by atoms with Gasteiger partial charge < -0.3 is 0 Å². The average molecular weight is 415 g/mol. The molecule has 0 aliphatic heterocycles. The molecule has 0 bridgehead atoms. The molecule has 2 heteroatoms. The number of hydrogen-bond acceptors (Lipinski definition) is 0. The fourth-order valence-corrected chi connectivity index (χ4v) is 2.03. The lowest BCUT2D eigenvalue weighted by Gasteiger charge is -1.94. The van der Waals surface area contributed by atoms with Crippen LogP contribution in [0.4, 0.5) is 8.78 Å². The minimum absolute atomic E-state index is 0.116. The number of halogens is 2. The predicted octanol–water partition coefficient (Wildman–Crippen LogP) is 9.24. The van der Waals surface area contributed by atoms with Gasteiger partial charge in [0.2, 0.25) is 0 Å². The van der Waals surface area contributed by atoms with Crippen LogP contribution >= 0.6 is 0 Å². The fraction of sp³-hybridized carbons (Fsp3) is 0.357. The zero-order valence-corrected chi connectivity index (χ0v) is 20.5. The molecule has 0 unspecified atom stereocenters. The SMILES string of the molecule is CC.CC.Cc1ccc(C)c(F)c1.Cc1ccc(C)c(F)c1.Cc1ccc(C)cc1. The van der Waals surface area contributed by atoms with Crippen LogP contribution in [0.25, 0.3) is 0 Å². The van der Waals surface area contributed by atoms with Crippen molar-refractivity contribution >= 4 is 0 Å². The van der Waals surface area contributed by atoms with Crippen molar-refractivity contribution < 1.29 is 8.78 Å². The van der Waals surface area contributed by atoms with Gasteiger partial charge in [-0.2, -0.15) is 0 Å². The zero-order valence-electron chi connectivity index (χ0n) is 20.5. The van der Waals surface area contributed by atoms with E-state index in [1.54, 1.807) is 26.0 Å². The van der Waals surface area contributed by atoms with Crippen molar-refractivity contribution in [2.45, 2.75) is 69.2 Å². The van der Waals surface area contributed by atoms with Crippen LogP contribution in [-0.4, -0.2) is 0 Å². The molecular weight excluding hydrogens is 374 g/mol. The van der Waals surface area contributed by atoms with E-state index in [9.17, 15) is 8.78 Å². The number of benzene rings is 3. The summed E-state index contributed by atoms with van der Waals surface area (Å²) in [6.07, 6.45) is 0. The van der Waals surface area contributed by atoms with Crippen LogP contribution < -0.4 is 0 Å². The summed E-state index contributed by atoms with van der Waals surface area (Å²) in [5.74, 6) is -0.231. The highest BCUT2D eigenvalue weighted by Gasteiger charge is 1.94. The second-order valence-corrected chi connectivity index (χ2v) is 6.66. The monoisotopic (exact) mass is 414 g/mol. The first-order valence-corrected chi connectivity index (χ1v) is 10.7. The van der Waals surface area contributed by atoms with E-state index >= 15 is 0 Å². The summed E-state index contributed by atoms with van der Waals surface area (Å²) in [5, 5.41) is 0. The van der Waals surface area contributed by atoms with E-state index in [0.29, 0.717) is 11.1 Å². The van der Waals surface area contributed by atoms with Gasteiger partial charge in [0, 0.05) is 0 Å². The van der Waals surface area contributed by atoms with Gasteiger partial charge in [-0.3, -0.25) is 0 Å². The highest BCUT2D eigenvalue weighted by molar-refractivity contribution is 5.22. The topological polar surface area (TPSA) is 0 Å². The molecule has 0 saturated heterocycles. The van der Waals surface area contributed by atoms with Crippen molar-refractivity contribution in [3.05, 3.63) is 106 Å². The smallest absolute Gasteiger partial charge is 0.126 e. The van der Waals surface area contributed by atoms with E-state index in [-0.39, 0.29) is 11.6 Å². The minimum atomic E-state index is -0.116. The van der Waals surface area contributed by atoms with E-state index in [4.69, 9.17) is 0 Å². The van der Waals surface area contributed by atoms with Crippen LogP contribution in [0.15, 0.2) is 60.7 Å². The van der Waals surface area contributed by atoms with Gasteiger partial charge >= 0.3 is 0 Å². The maximum absolute atomic E-state index is 12.6. The molecule has 0 N–H and O–H groups in total. The molecule has 0 atom stereocenters. The Hall–Kier alpha value is -2.48. The maximum atomic E-state index is 12.6. The Morgan fingerprint density at radius 3 is 0.833 bits per heavy atom. The summed E-state index contributed by atoms with van der Waals surface area (Å²) < 4.78 is 25.2. The van der Waals surface area contributed by atoms with Crippen LogP contribution in [0.5, 0.6) is 0 Å². The molecule has 0 saturated carbocycles. The van der Waals surface area contributed by atoms with Gasteiger partial charge in [0.05, 0.1) is 0 Å². The molecule has 3 rings (SSSR count). The molecule has 30 heavy (non-hydrogen) atoms. The van der Waals surface area contributed by atoms with Gasteiger partial charge in [0.25, 0.3) is 0 Å². The third-order valence-electron chi connectivity index (χ3n) is 3.87. The zero-order chi connectivity index (χ0) is 23.7. The van der Waals surface area contributed by atoms with E-state index in [2.05, 4.69) is 38.1 Å². The Morgan fingerprint density at radius 2 is 0.633 bits per heavy atom. The summed E-state index contributed by atoms with van der Waals surface area (Å²) in [5.41, 5.74) is 6.02. The summed E-state index contributed by atoms with van der Waals surface area (Å²) in [6.45, 7) is 19.5. The van der Waals surface area contributed by atoms with Crippen LogP contribution in [0.2, 0.25) is 0 Å². The van der Waals surface area contributed by atoms with Crippen LogP contribution in [0.1, 0.15) is 61.1 Å². The van der Waals surface area contributed by atoms with Crippen molar-refractivity contribution in [1.29, 1.82) is 0 Å². The van der Waals surface area contributed by atoms with Crippen LogP contribution in [-0.2, 0) is 0 Å². The van der Waals surface area contributed by atoms with Gasteiger partial charge in [-0.1, -0.05) is 87.4 Å². The van der Waals surface area contributed by atoms with Gasteiger partial charge in [0.1, 0.15) is 11.6 Å². The van der Waals surface area contributed by atoms with E-state index in [1.165, 1.54) is 23.3 Å². The molecule has 0 aromatic heterocycles. The number of rotatable bonds is 0. The van der Waals surface area contributed by atoms with E-state index < -0.39 is 0 Å². The summed E-state index contributed by atoms with van der Waals surface area (Å²) in [4.78, 5) is 0. The van der Waals surface area contributed by atoms with Gasteiger partial charge in [-0.15, -0.1) is 0 Å². The highest BCUT2D eigenvalue weighted by Crippen LogP contribution is 2.07. The molecule has 3 aromatic carbocycles. The van der Waals surface area contributed by atoms with Crippen LogP contribution in [0.3, 0.4) is 0 Å². The lowest BCUT2D eigenvalue weighted by Crippen LogP contribution is -1.81. The molecule has 0 radical (unpaired) electrons. The second kappa shape index (κ2) is 17.4. The molecule has 0 amide bonds. The first kappa shape index (κ1) is 29.7. The summed E-state index contributed by atoms with van der Waals surface area (Å²) in [7, 11) is 0. The van der Waals surface area contributed by atoms with Crippen molar-refractivity contribution in [3.8, 4) is 0 Å². The van der Waals surface area contributed by atoms with Gasteiger partial charge in [0.15, 0.2) is 0 Å². The third kappa shape index (κ3) is 13.7.